The molecule has 0 unspecified atom stereocenters. The standard InChI is InChI=1S/C29H30ClN7O3/c1-16-8-20-5-7-32-36(20)25(28(39)34-29-13-17-9-18(14-29)11-19(10-17)15-29)24(16)33-27(38)22-12-23(40-2)35-37(22)26-21(30)4-3-6-31-26/h3-8,12,17-19H,9-11,13-15H2,1-2H3,(H,33,38)(H,34,39). The Morgan fingerprint density at radius 1 is 1.05 bits per heavy atom. The molecule has 11 heteroatoms. The second kappa shape index (κ2) is 9.33. The fourth-order valence-corrected chi connectivity index (χ4v) is 7.82. The molecule has 206 valence electrons. The van der Waals surface area contributed by atoms with Gasteiger partial charge in [0.25, 0.3) is 11.8 Å². The fraction of sp³-hybridized carbons (Fsp3) is 0.414. The Balaban J connectivity index is 1.26. The summed E-state index contributed by atoms with van der Waals surface area (Å²) in [6.45, 7) is 1.87. The molecule has 0 atom stereocenters. The average molecular weight is 560 g/mol. The molecule has 0 radical (unpaired) electrons. The number of rotatable bonds is 6. The Morgan fingerprint density at radius 2 is 1.77 bits per heavy atom. The number of aromatic nitrogens is 5. The van der Waals surface area contributed by atoms with Crippen molar-refractivity contribution in [3.8, 4) is 11.7 Å². The number of hydrogen-bond donors (Lipinski definition) is 2. The molecule has 0 aromatic carbocycles. The van der Waals surface area contributed by atoms with Crippen LogP contribution in [0.4, 0.5) is 5.69 Å². The molecule has 0 spiro atoms. The van der Waals surface area contributed by atoms with E-state index in [2.05, 4.69) is 25.8 Å². The third-order valence-electron chi connectivity index (χ3n) is 8.82. The van der Waals surface area contributed by atoms with Gasteiger partial charge in [-0.25, -0.2) is 14.2 Å². The van der Waals surface area contributed by atoms with Crippen LogP contribution in [0.5, 0.6) is 5.88 Å². The second-order valence-electron chi connectivity index (χ2n) is 11.6. The number of methoxy groups -OCH3 is 1. The third kappa shape index (κ3) is 4.13. The first-order valence-corrected chi connectivity index (χ1v) is 14.1. The van der Waals surface area contributed by atoms with Gasteiger partial charge in [0.05, 0.1) is 29.5 Å². The molecule has 2 amide bonds. The van der Waals surface area contributed by atoms with Crippen molar-refractivity contribution in [2.75, 3.05) is 12.4 Å². The average Bonchev–Trinajstić information content (AvgIpc) is 3.55. The lowest BCUT2D eigenvalue weighted by atomic mass is 9.53. The first-order valence-electron chi connectivity index (χ1n) is 13.7. The number of nitrogens with one attached hydrogen (secondary N) is 2. The van der Waals surface area contributed by atoms with Crippen molar-refractivity contribution in [3.63, 3.8) is 0 Å². The van der Waals surface area contributed by atoms with Gasteiger partial charge in [0.15, 0.2) is 11.5 Å². The minimum absolute atomic E-state index is 0.157. The molecule has 0 aliphatic heterocycles. The number of nitrogens with zero attached hydrogens (tertiary/aromatic N) is 5. The van der Waals surface area contributed by atoms with Crippen molar-refractivity contribution < 1.29 is 14.3 Å². The number of carbonyl (C=O) groups is 2. The monoisotopic (exact) mass is 559 g/mol. The lowest BCUT2D eigenvalue weighted by Crippen LogP contribution is -2.60. The molecule has 40 heavy (non-hydrogen) atoms. The molecule has 4 saturated carbocycles. The summed E-state index contributed by atoms with van der Waals surface area (Å²) in [7, 11) is 1.47. The lowest BCUT2D eigenvalue weighted by Gasteiger charge is -2.56. The van der Waals surface area contributed by atoms with E-state index >= 15 is 0 Å². The molecule has 2 N–H and O–H groups in total. The van der Waals surface area contributed by atoms with Gasteiger partial charge >= 0.3 is 0 Å². The minimum atomic E-state index is -0.490. The zero-order chi connectivity index (χ0) is 27.6. The summed E-state index contributed by atoms with van der Waals surface area (Å²) in [5.74, 6) is 1.84. The fourth-order valence-electron chi connectivity index (χ4n) is 7.62. The van der Waals surface area contributed by atoms with Crippen LogP contribution in [-0.2, 0) is 0 Å². The van der Waals surface area contributed by atoms with Gasteiger partial charge in [0.2, 0.25) is 5.88 Å². The molecule has 4 aromatic rings. The second-order valence-corrected chi connectivity index (χ2v) is 12.0. The highest BCUT2D eigenvalue weighted by molar-refractivity contribution is 6.32. The molecule has 8 rings (SSSR count). The van der Waals surface area contributed by atoms with E-state index in [0.29, 0.717) is 34.2 Å². The number of aryl methyl sites for hydroxylation is 1. The van der Waals surface area contributed by atoms with E-state index < -0.39 is 5.91 Å². The number of hydrogen-bond acceptors (Lipinski definition) is 6. The summed E-state index contributed by atoms with van der Waals surface area (Å²) >= 11 is 6.38. The van der Waals surface area contributed by atoms with Gasteiger partial charge in [-0.1, -0.05) is 11.6 Å². The molecule has 4 aliphatic rings. The maximum absolute atomic E-state index is 14.1. The Hall–Kier alpha value is -3.92. The summed E-state index contributed by atoms with van der Waals surface area (Å²) in [5, 5.41) is 15.6. The summed E-state index contributed by atoms with van der Waals surface area (Å²) in [6, 6.07) is 8.63. The van der Waals surface area contributed by atoms with Crippen LogP contribution in [-0.4, -0.2) is 48.8 Å². The van der Waals surface area contributed by atoms with Crippen LogP contribution < -0.4 is 15.4 Å². The van der Waals surface area contributed by atoms with E-state index in [1.807, 2.05) is 19.1 Å². The van der Waals surface area contributed by atoms with Gasteiger partial charge in [0, 0.05) is 17.8 Å². The number of halogens is 1. The molecule has 4 aromatic heterocycles. The van der Waals surface area contributed by atoms with Gasteiger partial charge in [-0.3, -0.25) is 9.59 Å². The number of pyridine rings is 2. The first kappa shape index (κ1) is 25.1. The van der Waals surface area contributed by atoms with Crippen molar-refractivity contribution in [3.05, 3.63) is 64.7 Å². The number of carbonyl (C=O) groups excluding carboxylic acids is 2. The van der Waals surface area contributed by atoms with Crippen molar-refractivity contribution >= 4 is 34.6 Å². The molecular formula is C29H30ClN7O3. The zero-order valence-electron chi connectivity index (χ0n) is 22.4. The highest BCUT2D eigenvalue weighted by atomic mass is 35.5. The van der Waals surface area contributed by atoms with E-state index in [1.165, 1.54) is 37.1 Å². The van der Waals surface area contributed by atoms with Gasteiger partial charge in [-0.05, 0) is 93.0 Å². The van der Waals surface area contributed by atoms with Crippen LogP contribution in [0.25, 0.3) is 11.3 Å². The van der Waals surface area contributed by atoms with Crippen LogP contribution in [0.2, 0.25) is 5.02 Å². The van der Waals surface area contributed by atoms with Crippen LogP contribution in [0.15, 0.2) is 42.7 Å². The van der Waals surface area contributed by atoms with Crippen molar-refractivity contribution in [2.24, 2.45) is 17.8 Å². The molecule has 10 nitrogen and oxygen atoms in total. The normalized spacial score (nSPS) is 24.8. The van der Waals surface area contributed by atoms with Gasteiger partial charge in [-0.15, -0.1) is 5.10 Å². The molecule has 4 aliphatic carbocycles. The molecule has 0 saturated heterocycles. The zero-order valence-corrected chi connectivity index (χ0v) is 23.1. The van der Waals surface area contributed by atoms with Crippen molar-refractivity contribution in [1.29, 1.82) is 0 Å². The highest BCUT2D eigenvalue weighted by Gasteiger charge is 2.51. The van der Waals surface area contributed by atoms with E-state index in [0.717, 1.165) is 30.3 Å². The number of ether oxygens (including phenoxy) is 1. The Kier molecular flexibility index (Phi) is 5.85. The lowest BCUT2D eigenvalue weighted by molar-refractivity contribution is -0.0168. The van der Waals surface area contributed by atoms with Gasteiger partial charge in [-0.2, -0.15) is 5.10 Å². The van der Waals surface area contributed by atoms with Crippen LogP contribution in [0, 0.1) is 24.7 Å². The summed E-state index contributed by atoms with van der Waals surface area (Å²) in [6.07, 6.45) is 10.1. The Morgan fingerprint density at radius 3 is 2.45 bits per heavy atom. The smallest absolute Gasteiger partial charge is 0.274 e. The van der Waals surface area contributed by atoms with Gasteiger partial charge < -0.3 is 15.4 Å². The number of fused-ring (bicyclic) bond motifs is 1. The maximum atomic E-state index is 14.1. The maximum Gasteiger partial charge on any atom is 0.274 e. The topological polar surface area (TPSA) is 115 Å². The summed E-state index contributed by atoms with van der Waals surface area (Å²) < 4.78 is 8.25. The minimum Gasteiger partial charge on any atom is -0.480 e. The predicted octanol–water partition coefficient (Wildman–Crippen LogP) is 4.84. The molecular weight excluding hydrogens is 530 g/mol. The SMILES string of the molecule is COc1cc(C(=O)Nc2c(C)cc3ccnn3c2C(=O)NC23CC4CC(CC(C4)C2)C3)n(-c2ncccc2Cl)n1. The molecule has 4 heterocycles. The Labute approximate surface area is 236 Å². The largest absolute Gasteiger partial charge is 0.480 e. The van der Waals surface area contributed by atoms with E-state index in [9.17, 15) is 9.59 Å². The summed E-state index contributed by atoms with van der Waals surface area (Å²) in [4.78, 5) is 32.2. The van der Waals surface area contributed by atoms with Crippen molar-refractivity contribution in [1.82, 2.24) is 29.7 Å². The molecule has 4 fully saturated rings. The Bertz CT molecular complexity index is 1620. The van der Waals surface area contributed by atoms with E-state index in [-0.39, 0.29) is 28.8 Å². The van der Waals surface area contributed by atoms with E-state index in [4.69, 9.17) is 16.3 Å². The highest BCUT2D eigenvalue weighted by Crippen LogP contribution is 2.55. The quantitative estimate of drug-likeness (QED) is 0.349. The number of anilines is 1. The van der Waals surface area contributed by atoms with Crippen LogP contribution >= 0.6 is 11.6 Å². The van der Waals surface area contributed by atoms with E-state index in [1.54, 1.807) is 29.0 Å². The summed E-state index contributed by atoms with van der Waals surface area (Å²) in [5.41, 5.74) is 2.17. The predicted molar refractivity (Wildman–Crippen MR) is 149 cm³/mol. The van der Waals surface area contributed by atoms with Crippen molar-refractivity contribution in [2.45, 2.75) is 51.0 Å². The van der Waals surface area contributed by atoms with Crippen LogP contribution in [0.1, 0.15) is 65.1 Å². The van der Waals surface area contributed by atoms with Crippen LogP contribution in [0.3, 0.4) is 0 Å². The first-order chi connectivity index (χ1) is 19.3. The number of amides is 2. The molecule has 4 bridgehead atoms. The van der Waals surface area contributed by atoms with Gasteiger partial charge in [0.1, 0.15) is 5.69 Å². The third-order valence-corrected chi connectivity index (χ3v) is 9.11.